The first-order chi connectivity index (χ1) is 23.9. The normalized spacial score (nSPS) is 23.1. The van der Waals surface area contributed by atoms with Crippen molar-refractivity contribution in [2.24, 2.45) is 0 Å². The average Bonchev–Trinajstić information content (AvgIpc) is 3.50. The van der Waals surface area contributed by atoms with Gasteiger partial charge in [0.2, 0.25) is 0 Å². The van der Waals surface area contributed by atoms with Crippen LogP contribution in [-0.4, -0.2) is 121 Å². The Balaban J connectivity index is 1.09. The molecule has 1 saturated carbocycles. The maximum absolute atomic E-state index is 14.0. The number of fused-ring (bicyclic) bond motifs is 1. The quantitative estimate of drug-likeness (QED) is 0.376. The van der Waals surface area contributed by atoms with Crippen molar-refractivity contribution in [3.8, 4) is 5.69 Å². The number of carbonyl (C=O) groups is 1. The SMILES string of the molecule is O=C(NS(=O)(=O)N1CCC(N2CCCCC2)CC1)c1cc(N2CCC(N3CCOCC3)CC2)c2c(C3CCC3)nn(-c3ccccc3)c2n1. The van der Waals surface area contributed by atoms with Crippen LogP contribution in [0.5, 0.6) is 0 Å². The highest BCUT2D eigenvalue weighted by molar-refractivity contribution is 7.87. The number of benzene rings is 1. The van der Waals surface area contributed by atoms with E-state index in [1.165, 1.54) is 30.0 Å². The molecule has 0 atom stereocenters. The number of likely N-dealkylation sites (tertiary alicyclic amines) is 1. The summed E-state index contributed by atoms with van der Waals surface area (Å²) in [6.07, 6.45) is 10.6. The number of amides is 1. The number of pyridine rings is 1. The van der Waals surface area contributed by atoms with Crippen LogP contribution in [0.3, 0.4) is 0 Å². The zero-order valence-electron chi connectivity index (χ0n) is 28.5. The second-order valence-corrected chi connectivity index (χ2v) is 16.2. The van der Waals surface area contributed by atoms with Gasteiger partial charge in [-0.2, -0.15) is 17.8 Å². The largest absolute Gasteiger partial charge is 0.379 e. The zero-order chi connectivity index (χ0) is 33.4. The fourth-order valence-electron chi connectivity index (χ4n) is 8.58. The molecule has 0 spiro atoms. The van der Waals surface area contributed by atoms with E-state index in [4.69, 9.17) is 14.8 Å². The zero-order valence-corrected chi connectivity index (χ0v) is 29.3. The molecular formula is C36H50N8O4S. The summed E-state index contributed by atoms with van der Waals surface area (Å²) < 4.78 is 38.6. The molecule has 12 nitrogen and oxygen atoms in total. The monoisotopic (exact) mass is 690 g/mol. The van der Waals surface area contributed by atoms with Gasteiger partial charge in [0.05, 0.1) is 35.7 Å². The number of rotatable bonds is 8. The van der Waals surface area contributed by atoms with Gasteiger partial charge in [-0.05, 0) is 82.7 Å². The third kappa shape index (κ3) is 6.84. The maximum atomic E-state index is 14.0. The lowest BCUT2D eigenvalue weighted by Crippen LogP contribution is -2.51. The molecule has 0 radical (unpaired) electrons. The van der Waals surface area contributed by atoms with Crippen molar-refractivity contribution in [3.63, 3.8) is 0 Å². The second-order valence-electron chi connectivity index (χ2n) is 14.5. The highest BCUT2D eigenvalue weighted by Crippen LogP contribution is 2.43. The summed E-state index contributed by atoms with van der Waals surface area (Å²) in [5.41, 5.74) is 3.52. The van der Waals surface area contributed by atoms with Gasteiger partial charge in [0, 0.05) is 57.3 Å². The van der Waals surface area contributed by atoms with Gasteiger partial charge in [0.15, 0.2) is 5.65 Å². The lowest BCUT2D eigenvalue weighted by atomic mass is 9.82. The lowest BCUT2D eigenvalue weighted by Gasteiger charge is -2.41. The molecule has 5 aliphatic rings. The molecule has 4 saturated heterocycles. The third-order valence-electron chi connectivity index (χ3n) is 11.6. The summed E-state index contributed by atoms with van der Waals surface area (Å²) >= 11 is 0. The Hall–Kier alpha value is -3.10. The third-order valence-corrected chi connectivity index (χ3v) is 13.1. The maximum Gasteiger partial charge on any atom is 0.304 e. The van der Waals surface area contributed by atoms with Gasteiger partial charge in [-0.15, -0.1) is 0 Å². The van der Waals surface area contributed by atoms with Crippen LogP contribution in [0, 0.1) is 0 Å². The van der Waals surface area contributed by atoms with Crippen molar-refractivity contribution >= 4 is 32.8 Å². The lowest BCUT2D eigenvalue weighted by molar-refractivity contribution is 0.0115. The molecule has 49 heavy (non-hydrogen) atoms. The van der Waals surface area contributed by atoms with Gasteiger partial charge in [0.25, 0.3) is 5.91 Å². The van der Waals surface area contributed by atoms with Crippen molar-refractivity contribution in [3.05, 3.63) is 47.8 Å². The van der Waals surface area contributed by atoms with E-state index in [2.05, 4.69) is 19.4 Å². The standard InChI is InChI=1S/C36H50N8O4S/c45-36(39-49(46,47)43-20-14-29(15-21-43)40-16-5-2-6-17-40)31-26-32(42-18-12-28(13-19-42)41-22-24-48-25-23-41)33-34(27-8-7-9-27)38-44(35(33)37-31)30-10-3-1-4-11-30/h1,3-4,10-11,26-29H,2,5-9,12-25H2,(H,39,45). The molecule has 0 unspecified atom stereocenters. The van der Waals surface area contributed by atoms with Crippen LogP contribution >= 0.6 is 0 Å². The number of hydrogen-bond acceptors (Lipinski definition) is 9. The van der Waals surface area contributed by atoms with Gasteiger partial charge < -0.3 is 14.5 Å². The number of ether oxygens (including phenoxy) is 1. The number of piperidine rings is 3. The molecule has 264 valence electrons. The van der Waals surface area contributed by atoms with E-state index in [9.17, 15) is 13.2 Å². The predicted octanol–water partition coefficient (Wildman–Crippen LogP) is 3.91. The van der Waals surface area contributed by atoms with Gasteiger partial charge in [-0.1, -0.05) is 31.0 Å². The van der Waals surface area contributed by atoms with E-state index >= 15 is 0 Å². The average molecular weight is 691 g/mol. The Kier molecular flexibility index (Phi) is 9.62. The smallest absolute Gasteiger partial charge is 0.304 e. The molecule has 4 aliphatic heterocycles. The summed E-state index contributed by atoms with van der Waals surface area (Å²) in [7, 11) is -4.04. The summed E-state index contributed by atoms with van der Waals surface area (Å²) in [4.78, 5) is 26.3. The molecule has 1 aliphatic carbocycles. The van der Waals surface area contributed by atoms with Crippen LogP contribution in [0.15, 0.2) is 36.4 Å². The predicted molar refractivity (Wildman–Crippen MR) is 189 cm³/mol. The van der Waals surface area contributed by atoms with E-state index in [1.54, 1.807) is 0 Å². The Morgan fingerprint density at radius 1 is 0.776 bits per heavy atom. The van der Waals surface area contributed by atoms with Crippen LogP contribution in [0.2, 0.25) is 0 Å². The van der Waals surface area contributed by atoms with Gasteiger partial charge >= 0.3 is 10.2 Å². The van der Waals surface area contributed by atoms with E-state index in [0.29, 0.717) is 36.7 Å². The van der Waals surface area contributed by atoms with Crippen molar-refractivity contribution < 1.29 is 17.9 Å². The highest BCUT2D eigenvalue weighted by atomic mass is 32.2. The molecule has 5 fully saturated rings. The summed E-state index contributed by atoms with van der Waals surface area (Å²) in [6, 6.07) is 12.6. The number of anilines is 1. The van der Waals surface area contributed by atoms with Crippen molar-refractivity contribution in [1.29, 1.82) is 0 Å². The van der Waals surface area contributed by atoms with Crippen molar-refractivity contribution in [2.45, 2.75) is 82.2 Å². The molecule has 3 aromatic rings. The summed E-state index contributed by atoms with van der Waals surface area (Å²) in [5.74, 6) is -0.359. The van der Waals surface area contributed by atoms with Gasteiger partial charge in [-0.3, -0.25) is 9.69 Å². The summed E-state index contributed by atoms with van der Waals surface area (Å²) in [5, 5.41) is 6.15. The van der Waals surface area contributed by atoms with Gasteiger partial charge in [-0.25, -0.2) is 14.4 Å². The molecule has 1 amide bonds. The Labute approximate surface area is 289 Å². The fraction of sp³-hybridized carbons (Fsp3) is 0.639. The number of morpholine rings is 1. The number of nitrogens with one attached hydrogen (secondary N) is 1. The van der Waals surface area contributed by atoms with E-state index < -0.39 is 16.1 Å². The molecule has 1 N–H and O–H groups in total. The first-order valence-electron chi connectivity index (χ1n) is 18.6. The number of carbonyl (C=O) groups excluding carboxylic acids is 1. The minimum atomic E-state index is -4.04. The molecule has 0 bridgehead atoms. The first-order valence-corrected chi connectivity index (χ1v) is 20.0. The minimum absolute atomic E-state index is 0.0989. The van der Waals surface area contributed by atoms with Crippen LogP contribution in [0.4, 0.5) is 5.69 Å². The van der Waals surface area contributed by atoms with E-state index in [-0.39, 0.29) is 5.69 Å². The molecule has 8 rings (SSSR count). The number of hydrogen-bond donors (Lipinski definition) is 1. The Morgan fingerprint density at radius 3 is 2.08 bits per heavy atom. The van der Waals surface area contributed by atoms with Crippen molar-refractivity contribution in [1.82, 2.24) is 33.6 Å². The Bertz CT molecular complexity index is 1720. The van der Waals surface area contributed by atoms with Crippen LogP contribution < -0.4 is 9.62 Å². The molecule has 1 aromatic carbocycles. The van der Waals surface area contributed by atoms with E-state index in [1.807, 2.05) is 41.1 Å². The van der Waals surface area contributed by atoms with Crippen LogP contribution in [-0.2, 0) is 14.9 Å². The second kappa shape index (κ2) is 14.3. The molecule has 13 heteroatoms. The number of nitrogens with zero attached hydrogens (tertiary/aromatic N) is 7. The fourth-order valence-corrected chi connectivity index (χ4v) is 9.74. The first kappa shape index (κ1) is 33.1. The minimum Gasteiger partial charge on any atom is -0.379 e. The van der Waals surface area contributed by atoms with Crippen LogP contribution in [0.1, 0.15) is 86.3 Å². The topological polar surface area (TPSA) is 116 Å². The number of para-hydroxylation sites is 1. The molecule has 6 heterocycles. The summed E-state index contributed by atoms with van der Waals surface area (Å²) in [6.45, 7) is 8.19. The molecule has 2 aromatic heterocycles. The number of aromatic nitrogens is 3. The van der Waals surface area contributed by atoms with Gasteiger partial charge in [0.1, 0.15) is 5.69 Å². The Morgan fingerprint density at radius 2 is 1.43 bits per heavy atom. The van der Waals surface area contributed by atoms with Crippen molar-refractivity contribution in [2.75, 3.05) is 70.5 Å². The van der Waals surface area contributed by atoms with E-state index in [0.717, 1.165) is 113 Å². The van der Waals surface area contributed by atoms with Crippen LogP contribution in [0.25, 0.3) is 16.7 Å². The highest BCUT2D eigenvalue weighted by Gasteiger charge is 2.35. The molecular weight excluding hydrogens is 641 g/mol.